The number of aromatic nitrogens is 5. The van der Waals surface area contributed by atoms with Crippen LogP contribution in [0.3, 0.4) is 0 Å². The summed E-state index contributed by atoms with van der Waals surface area (Å²) in [7, 11) is 0. The van der Waals surface area contributed by atoms with Crippen LogP contribution in [-0.4, -0.2) is 30.3 Å². The molecule has 0 atom stereocenters. The first-order valence-corrected chi connectivity index (χ1v) is 9.67. The summed E-state index contributed by atoms with van der Waals surface area (Å²) < 4.78 is 19.9. The van der Waals surface area contributed by atoms with Crippen LogP contribution in [0, 0.1) is 12.7 Å². The molecule has 0 aliphatic rings. The fourth-order valence-electron chi connectivity index (χ4n) is 2.50. The normalized spacial score (nSPS) is 10.8. The van der Waals surface area contributed by atoms with Crippen LogP contribution in [0.1, 0.15) is 16.1 Å². The maximum atomic E-state index is 13.1. The second-order valence-corrected chi connectivity index (χ2v) is 7.46. The summed E-state index contributed by atoms with van der Waals surface area (Å²) in [6.07, 6.45) is 0. The van der Waals surface area contributed by atoms with Crippen LogP contribution < -0.4 is 5.32 Å². The highest BCUT2D eigenvalue weighted by Crippen LogP contribution is 2.24. The summed E-state index contributed by atoms with van der Waals surface area (Å²) in [5.74, 6) is -0.238. The van der Waals surface area contributed by atoms with Gasteiger partial charge in [0.15, 0.2) is 11.5 Å². The molecule has 0 aliphatic heterocycles. The molecule has 2 heterocycles. The predicted molar refractivity (Wildman–Crippen MR) is 107 cm³/mol. The van der Waals surface area contributed by atoms with Gasteiger partial charge in [0, 0.05) is 21.6 Å². The van der Waals surface area contributed by atoms with Gasteiger partial charge in [-0.2, -0.15) is 9.36 Å². The molecule has 28 heavy (non-hydrogen) atoms. The Morgan fingerprint density at radius 1 is 1.14 bits per heavy atom. The van der Waals surface area contributed by atoms with Gasteiger partial charge in [0.05, 0.1) is 11.4 Å². The molecule has 2 aromatic carbocycles. The Labute approximate surface area is 171 Å². The van der Waals surface area contributed by atoms with E-state index in [0.717, 1.165) is 16.0 Å². The van der Waals surface area contributed by atoms with E-state index in [1.54, 1.807) is 41.1 Å². The average molecular weight is 459 g/mol. The zero-order chi connectivity index (χ0) is 19.7. The highest BCUT2D eigenvalue weighted by molar-refractivity contribution is 9.10. The smallest absolute Gasteiger partial charge is 0.257 e. The van der Waals surface area contributed by atoms with Gasteiger partial charge in [-0.1, -0.05) is 21.1 Å². The molecule has 2 aromatic heterocycles. The van der Waals surface area contributed by atoms with E-state index in [2.05, 4.69) is 40.9 Å². The van der Waals surface area contributed by atoms with Crippen LogP contribution in [0.2, 0.25) is 0 Å². The van der Waals surface area contributed by atoms with Crippen LogP contribution in [-0.2, 0) is 0 Å². The van der Waals surface area contributed by atoms with Crippen molar-refractivity contribution in [3.8, 4) is 17.2 Å². The van der Waals surface area contributed by atoms with E-state index in [0.29, 0.717) is 33.6 Å². The van der Waals surface area contributed by atoms with Gasteiger partial charge in [0.2, 0.25) is 5.13 Å². The molecule has 0 bridgehead atoms. The highest BCUT2D eigenvalue weighted by atomic mass is 79.9. The van der Waals surface area contributed by atoms with Gasteiger partial charge in [-0.15, -0.1) is 5.10 Å². The van der Waals surface area contributed by atoms with Gasteiger partial charge in [-0.05, 0) is 55.5 Å². The Bertz CT molecular complexity index is 1140. The Morgan fingerprint density at radius 3 is 2.57 bits per heavy atom. The third-order valence-electron chi connectivity index (χ3n) is 3.93. The number of hydrogen-bond acceptors (Lipinski definition) is 6. The van der Waals surface area contributed by atoms with Gasteiger partial charge in [0.1, 0.15) is 5.82 Å². The van der Waals surface area contributed by atoms with Crippen LogP contribution in [0.15, 0.2) is 53.0 Å². The topological polar surface area (TPSA) is 85.6 Å². The number of carbonyl (C=O) groups excluding carboxylic acids is 1. The SMILES string of the molecule is Cc1c(-c2nsc(NC(=O)c3ccc(Br)cc3)n2)nnn1-c1ccc(F)cc1. The van der Waals surface area contributed by atoms with E-state index >= 15 is 0 Å². The summed E-state index contributed by atoms with van der Waals surface area (Å²) in [6.45, 7) is 1.82. The van der Waals surface area contributed by atoms with Crippen molar-refractivity contribution in [3.63, 3.8) is 0 Å². The molecule has 0 saturated heterocycles. The average Bonchev–Trinajstić information content (AvgIpc) is 3.29. The number of carbonyl (C=O) groups is 1. The zero-order valence-corrected chi connectivity index (χ0v) is 16.8. The minimum Gasteiger partial charge on any atom is -0.297 e. The summed E-state index contributed by atoms with van der Waals surface area (Å²) >= 11 is 4.39. The van der Waals surface area contributed by atoms with Gasteiger partial charge in [0.25, 0.3) is 5.91 Å². The molecule has 7 nitrogen and oxygen atoms in total. The fourth-order valence-corrected chi connectivity index (χ4v) is 3.33. The number of rotatable bonds is 4. The van der Waals surface area contributed by atoms with E-state index in [-0.39, 0.29) is 11.7 Å². The molecule has 0 spiro atoms. The van der Waals surface area contributed by atoms with E-state index in [9.17, 15) is 9.18 Å². The molecule has 0 saturated carbocycles. The lowest BCUT2D eigenvalue weighted by atomic mass is 10.2. The van der Waals surface area contributed by atoms with Crippen molar-refractivity contribution in [2.45, 2.75) is 6.92 Å². The van der Waals surface area contributed by atoms with Gasteiger partial charge < -0.3 is 0 Å². The Morgan fingerprint density at radius 2 is 1.86 bits per heavy atom. The minimum atomic E-state index is -0.325. The second kappa shape index (κ2) is 7.56. The van der Waals surface area contributed by atoms with Crippen LogP contribution >= 0.6 is 27.5 Å². The lowest BCUT2D eigenvalue weighted by Gasteiger charge is -2.02. The number of hydrogen-bond donors (Lipinski definition) is 1. The molecule has 4 rings (SSSR count). The summed E-state index contributed by atoms with van der Waals surface area (Å²) in [6, 6.07) is 12.9. The Balaban J connectivity index is 1.55. The third-order valence-corrected chi connectivity index (χ3v) is 5.09. The van der Waals surface area contributed by atoms with Crippen LogP contribution in [0.4, 0.5) is 9.52 Å². The first kappa shape index (κ1) is 18.4. The lowest BCUT2D eigenvalue weighted by molar-refractivity contribution is 0.102. The maximum absolute atomic E-state index is 13.1. The fraction of sp³-hybridized carbons (Fsp3) is 0.0556. The minimum absolute atomic E-state index is 0.276. The monoisotopic (exact) mass is 458 g/mol. The van der Waals surface area contributed by atoms with E-state index < -0.39 is 0 Å². The maximum Gasteiger partial charge on any atom is 0.257 e. The predicted octanol–water partition coefficient (Wildman–Crippen LogP) is 4.25. The van der Waals surface area contributed by atoms with E-state index in [1.807, 2.05) is 6.92 Å². The van der Waals surface area contributed by atoms with Crippen molar-refractivity contribution >= 4 is 38.5 Å². The van der Waals surface area contributed by atoms with Gasteiger partial charge in [-0.25, -0.2) is 9.07 Å². The number of anilines is 1. The number of nitrogens with one attached hydrogen (secondary N) is 1. The van der Waals surface area contributed by atoms with Crippen molar-refractivity contribution in [3.05, 3.63) is 70.1 Å². The van der Waals surface area contributed by atoms with Crippen molar-refractivity contribution in [2.75, 3.05) is 5.32 Å². The molecule has 0 aliphatic carbocycles. The van der Waals surface area contributed by atoms with Gasteiger partial charge in [-0.3, -0.25) is 10.1 Å². The lowest BCUT2D eigenvalue weighted by Crippen LogP contribution is -2.11. The van der Waals surface area contributed by atoms with Crippen molar-refractivity contribution < 1.29 is 9.18 Å². The molecule has 0 fully saturated rings. The summed E-state index contributed by atoms with van der Waals surface area (Å²) in [5.41, 5.74) is 2.38. The quantitative estimate of drug-likeness (QED) is 0.493. The molecule has 10 heteroatoms. The molecule has 1 amide bonds. The standard InChI is InChI=1S/C18H12BrFN6OS/c1-10-15(23-25-26(10)14-8-6-13(20)7-9-14)16-21-18(28-24-16)22-17(27)11-2-4-12(19)5-3-11/h2-9H,1H3,(H,21,22,24,27). The molecular weight excluding hydrogens is 447 g/mol. The van der Waals surface area contributed by atoms with Crippen LogP contribution in [0.25, 0.3) is 17.2 Å². The summed E-state index contributed by atoms with van der Waals surface area (Å²) in [4.78, 5) is 16.6. The van der Waals surface area contributed by atoms with E-state index in [4.69, 9.17) is 0 Å². The number of halogens is 2. The molecule has 140 valence electrons. The second-order valence-electron chi connectivity index (χ2n) is 5.80. The highest BCUT2D eigenvalue weighted by Gasteiger charge is 2.18. The van der Waals surface area contributed by atoms with Crippen LogP contribution in [0.5, 0.6) is 0 Å². The van der Waals surface area contributed by atoms with Crippen molar-refractivity contribution in [2.24, 2.45) is 0 Å². The Kier molecular flexibility index (Phi) is 4.97. The third kappa shape index (κ3) is 3.69. The van der Waals surface area contributed by atoms with E-state index in [1.165, 1.54) is 12.1 Å². The first-order valence-electron chi connectivity index (χ1n) is 8.10. The number of benzene rings is 2. The molecular formula is C18H12BrFN6OS. The number of amides is 1. The first-order chi connectivity index (χ1) is 13.5. The van der Waals surface area contributed by atoms with Crippen molar-refractivity contribution in [1.29, 1.82) is 0 Å². The molecule has 1 N–H and O–H groups in total. The van der Waals surface area contributed by atoms with Crippen molar-refractivity contribution in [1.82, 2.24) is 24.4 Å². The van der Waals surface area contributed by atoms with Gasteiger partial charge >= 0.3 is 0 Å². The Hall–Kier alpha value is -2.98. The summed E-state index contributed by atoms with van der Waals surface area (Å²) in [5, 5.41) is 11.3. The largest absolute Gasteiger partial charge is 0.297 e. The zero-order valence-electron chi connectivity index (χ0n) is 14.4. The molecule has 0 unspecified atom stereocenters. The molecule has 4 aromatic rings. The number of nitrogens with zero attached hydrogens (tertiary/aromatic N) is 5. The molecule has 0 radical (unpaired) electrons.